The quantitative estimate of drug-likeness (QED) is 0.842. The molecule has 0 aliphatic rings. The summed E-state index contributed by atoms with van der Waals surface area (Å²) in [6.45, 7) is 0.926. The minimum atomic E-state index is -0.0313. The van der Waals surface area contributed by atoms with Crippen LogP contribution in [0, 0.1) is 0 Å². The standard InChI is InChI=1S/C16H22N4O2.ClH/c1-17-8-6-15(21)18-13-5-4-12-7-9-20(14(12)10-13)11-16(22)19(2)3;/h4-5,7,9-10,17H,6,8,11H2,1-3H3,(H,18,21);1H. The molecule has 0 aliphatic heterocycles. The van der Waals surface area contributed by atoms with Crippen LogP contribution >= 0.6 is 12.4 Å². The van der Waals surface area contributed by atoms with Crippen LogP contribution in [0.2, 0.25) is 0 Å². The third-order valence-electron chi connectivity index (χ3n) is 3.46. The van der Waals surface area contributed by atoms with E-state index in [0.717, 1.165) is 16.6 Å². The van der Waals surface area contributed by atoms with E-state index < -0.39 is 0 Å². The molecule has 0 aliphatic carbocycles. The van der Waals surface area contributed by atoms with Crippen molar-refractivity contribution >= 4 is 40.8 Å². The predicted octanol–water partition coefficient (Wildman–Crippen LogP) is 1.70. The van der Waals surface area contributed by atoms with Crippen molar-refractivity contribution in [1.82, 2.24) is 14.8 Å². The zero-order chi connectivity index (χ0) is 16.1. The number of nitrogens with zero attached hydrogens (tertiary/aromatic N) is 2. The van der Waals surface area contributed by atoms with Crippen LogP contribution < -0.4 is 10.6 Å². The average molecular weight is 339 g/mol. The minimum absolute atomic E-state index is 0. The molecule has 2 amide bonds. The van der Waals surface area contributed by atoms with Crippen molar-refractivity contribution in [3.8, 4) is 0 Å². The Morgan fingerprint density at radius 2 is 1.96 bits per heavy atom. The number of aromatic nitrogens is 1. The number of benzene rings is 1. The Bertz CT molecular complexity index is 682. The lowest BCUT2D eigenvalue weighted by molar-refractivity contribution is -0.129. The van der Waals surface area contributed by atoms with Gasteiger partial charge in [0.1, 0.15) is 6.54 Å². The van der Waals surface area contributed by atoms with Gasteiger partial charge in [0, 0.05) is 38.9 Å². The lowest BCUT2D eigenvalue weighted by Crippen LogP contribution is -2.25. The molecule has 0 saturated carbocycles. The van der Waals surface area contributed by atoms with E-state index in [2.05, 4.69) is 10.6 Å². The van der Waals surface area contributed by atoms with Gasteiger partial charge < -0.3 is 20.1 Å². The lowest BCUT2D eigenvalue weighted by atomic mass is 10.2. The Hall–Kier alpha value is -2.05. The highest BCUT2D eigenvalue weighted by Crippen LogP contribution is 2.21. The molecule has 7 heteroatoms. The lowest BCUT2D eigenvalue weighted by Gasteiger charge is -2.12. The van der Waals surface area contributed by atoms with E-state index in [1.807, 2.05) is 42.1 Å². The van der Waals surface area contributed by atoms with Crippen LogP contribution in [-0.2, 0) is 16.1 Å². The number of rotatable bonds is 6. The molecule has 1 aromatic heterocycles. The second kappa shape index (κ2) is 8.55. The van der Waals surface area contributed by atoms with E-state index in [4.69, 9.17) is 0 Å². The molecule has 6 nitrogen and oxygen atoms in total. The van der Waals surface area contributed by atoms with Crippen molar-refractivity contribution in [2.75, 3.05) is 33.0 Å². The fourth-order valence-electron chi connectivity index (χ4n) is 2.15. The number of halogens is 1. The first-order valence-corrected chi connectivity index (χ1v) is 7.25. The summed E-state index contributed by atoms with van der Waals surface area (Å²) in [6.07, 6.45) is 2.31. The van der Waals surface area contributed by atoms with Gasteiger partial charge in [-0.15, -0.1) is 12.4 Å². The molecule has 0 radical (unpaired) electrons. The minimum Gasteiger partial charge on any atom is -0.347 e. The van der Waals surface area contributed by atoms with Gasteiger partial charge in [-0.3, -0.25) is 9.59 Å². The van der Waals surface area contributed by atoms with E-state index in [9.17, 15) is 9.59 Å². The number of anilines is 1. The summed E-state index contributed by atoms with van der Waals surface area (Å²) >= 11 is 0. The van der Waals surface area contributed by atoms with Gasteiger partial charge in [-0.1, -0.05) is 6.07 Å². The number of hydrogen-bond donors (Lipinski definition) is 2. The maximum atomic E-state index is 11.9. The summed E-state index contributed by atoms with van der Waals surface area (Å²) < 4.78 is 1.89. The molecular formula is C16H23ClN4O2. The van der Waals surface area contributed by atoms with Crippen molar-refractivity contribution in [2.24, 2.45) is 0 Å². The summed E-state index contributed by atoms with van der Waals surface area (Å²) in [4.78, 5) is 25.2. The first-order chi connectivity index (χ1) is 10.5. The molecule has 2 aromatic rings. The molecule has 1 aromatic carbocycles. The van der Waals surface area contributed by atoms with E-state index >= 15 is 0 Å². The number of hydrogen-bond acceptors (Lipinski definition) is 3. The van der Waals surface area contributed by atoms with Crippen LogP contribution in [0.5, 0.6) is 0 Å². The third kappa shape index (κ3) is 4.97. The Labute approximate surface area is 142 Å². The fourth-order valence-corrected chi connectivity index (χ4v) is 2.15. The van der Waals surface area contributed by atoms with E-state index in [0.29, 0.717) is 13.0 Å². The Morgan fingerprint density at radius 3 is 2.61 bits per heavy atom. The van der Waals surface area contributed by atoms with Gasteiger partial charge in [0.25, 0.3) is 0 Å². The number of amides is 2. The summed E-state index contributed by atoms with van der Waals surface area (Å²) in [5, 5.41) is 6.86. The molecular weight excluding hydrogens is 316 g/mol. The third-order valence-corrected chi connectivity index (χ3v) is 3.46. The number of nitrogens with one attached hydrogen (secondary N) is 2. The van der Waals surface area contributed by atoms with E-state index in [-0.39, 0.29) is 30.8 Å². The summed E-state index contributed by atoms with van der Waals surface area (Å²) in [5.41, 5.74) is 1.67. The highest BCUT2D eigenvalue weighted by atomic mass is 35.5. The second-order valence-electron chi connectivity index (χ2n) is 5.41. The number of likely N-dealkylation sites (N-methyl/N-ethyl adjacent to an activating group) is 1. The maximum absolute atomic E-state index is 11.9. The Kier molecular flexibility index (Phi) is 7.06. The molecule has 1 heterocycles. The van der Waals surface area contributed by atoms with Crippen molar-refractivity contribution in [1.29, 1.82) is 0 Å². The van der Waals surface area contributed by atoms with Crippen molar-refractivity contribution in [2.45, 2.75) is 13.0 Å². The fraction of sp³-hybridized carbons (Fsp3) is 0.375. The van der Waals surface area contributed by atoms with Gasteiger partial charge in [0.15, 0.2) is 0 Å². The second-order valence-corrected chi connectivity index (χ2v) is 5.41. The first kappa shape index (κ1) is 19.0. The van der Waals surface area contributed by atoms with Crippen LogP contribution in [0.1, 0.15) is 6.42 Å². The van der Waals surface area contributed by atoms with Gasteiger partial charge in [-0.2, -0.15) is 0 Å². The van der Waals surface area contributed by atoms with Gasteiger partial charge >= 0.3 is 0 Å². The van der Waals surface area contributed by atoms with Gasteiger partial charge in [-0.05, 0) is 30.6 Å². The van der Waals surface area contributed by atoms with Crippen molar-refractivity contribution in [3.63, 3.8) is 0 Å². The number of fused-ring (bicyclic) bond motifs is 1. The van der Waals surface area contributed by atoms with E-state index in [1.54, 1.807) is 19.0 Å². The summed E-state index contributed by atoms with van der Waals surface area (Å²) in [6, 6.07) is 7.68. The van der Waals surface area contributed by atoms with Gasteiger partial charge in [0.05, 0.1) is 5.52 Å². The van der Waals surface area contributed by atoms with E-state index in [1.165, 1.54) is 0 Å². The number of carbonyl (C=O) groups excluding carboxylic acids is 2. The van der Waals surface area contributed by atoms with Crippen LogP contribution in [0.3, 0.4) is 0 Å². The largest absolute Gasteiger partial charge is 0.347 e. The molecule has 2 rings (SSSR count). The monoisotopic (exact) mass is 338 g/mol. The zero-order valence-corrected chi connectivity index (χ0v) is 14.4. The maximum Gasteiger partial charge on any atom is 0.241 e. The van der Waals surface area contributed by atoms with Crippen molar-refractivity contribution < 1.29 is 9.59 Å². The Balaban J connectivity index is 0.00000264. The topological polar surface area (TPSA) is 66.4 Å². The average Bonchev–Trinajstić information content (AvgIpc) is 2.87. The molecule has 0 fully saturated rings. The molecule has 0 bridgehead atoms. The molecule has 0 atom stereocenters. The molecule has 2 N–H and O–H groups in total. The molecule has 23 heavy (non-hydrogen) atoms. The molecule has 0 spiro atoms. The molecule has 126 valence electrons. The zero-order valence-electron chi connectivity index (χ0n) is 13.6. The van der Waals surface area contributed by atoms with Gasteiger partial charge in [0.2, 0.25) is 11.8 Å². The normalized spacial score (nSPS) is 10.2. The highest BCUT2D eigenvalue weighted by Gasteiger charge is 2.09. The summed E-state index contributed by atoms with van der Waals surface area (Å²) in [7, 11) is 5.29. The van der Waals surface area contributed by atoms with Crippen molar-refractivity contribution in [3.05, 3.63) is 30.5 Å². The Morgan fingerprint density at radius 1 is 1.22 bits per heavy atom. The van der Waals surface area contributed by atoms with Crippen LogP contribution in [0.25, 0.3) is 10.9 Å². The van der Waals surface area contributed by atoms with Crippen LogP contribution in [-0.4, -0.2) is 49.0 Å². The molecule has 0 saturated heterocycles. The first-order valence-electron chi connectivity index (χ1n) is 7.25. The molecule has 0 unspecified atom stereocenters. The number of carbonyl (C=O) groups is 2. The van der Waals surface area contributed by atoms with Crippen LogP contribution in [0.4, 0.5) is 5.69 Å². The van der Waals surface area contributed by atoms with Gasteiger partial charge in [-0.25, -0.2) is 0 Å². The predicted molar refractivity (Wildman–Crippen MR) is 95.1 cm³/mol. The summed E-state index contributed by atoms with van der Waals surface area (Å²) in [5.74, 6) is -0.00265. The SMILES string of the molecule is CNCCC(=O)Nc1ccc2ccn(CC(=O)N(C)C)c2c1.Cl. The smallest absolute Gasteiger partial charge is 0.241 e. The highest BCUT2D eigenvalue weighted by molar-refractivity contribution is 5.94. The van der Waals surface area contributed by atoms with Crippen LogP contribution in [0.15, 0.2) is 30.5 Å².